The van der Waals surface area contributed by atoms with E-state index in [0.29, 0.717) is 32.7 Å². The van der Waals surface area contributed by atoms with Crippen molar-refractivity contribution in [1.82, 2.24) is 24.4 Å². The molecule has 2 aromatic heterocycles. The molecule has 1 aliphatic rings. The summed E-state index contributed by atoms with van der Waals surface area (Å²) >= 11 is 0. The van der Waals surface area contributed by atoms with Crippen molar-refractivity contribution in [1.29, 1.82) is 0 Å². The fourth-order valence-corrected chi connectivity index (χ4v) is 2.70. The minimum absolute atomic E-state index is 0.0795. The van der Waals surface area contributed by atoms with E-state index in [0.717, 1.165) is 18.5 Å². The number of imidazole rings is 1. The SMILES string of the molecule is O=C(CCn1ccnc1)N1CCO[C@H](CCc2ccncn2)C1. The van der Waals surface area contributed by atoms with E-state index in [1.54, 1.807) is 25.0 Å². The van der Waals surface area contributed by atoms with E-state index in [9.17, 15) is 4.79 Å². The molecule has 23 heavy (non-hydrogen) atoms. The van der Waals surface area contributed by atoms with Crippen molar-refractivity contribution < 1.29 is 9.53 Å². The lowest BCUT2D eigenvalue weighted by molar-refractivity contribution is -0.139. The number of hydrogen-bond donors (Lipinski definition) is 0. The predicted molar refractivity (Wildman–Crippen MR) is 83.5 cm³/mol. The van der Waals surface area contributed by atoms with E-state index in [2.05, 4.69) is 15.0 Å². The summed E-state index contributed by atoms with van der Waals surface area (Å²) in [6.45, 7) is 2.60. The van der Waals surface area contributed by atoms with Gasteiger partial charge in [-0.25, -0.2) is 15.0 Å². The zero-order valence-electron chi connectivity index (χ0n) is 13.0. The van der Waals surface area contributed by atoms with Crippen LogP contribution in [0.5, 0.6) is 0 Å². The Kier molecular flexibility index (Phi) is 5.31. The topological polar surface area (TPSA) is 73.1 Å². The van der Waals surface area contributed by atoms with Crippen LogP contribution in [-0.2, 0) is 22.5 Å². The number of carbonyl (C=O) groups is 1. The lowest BCUT2D eigenvalue weighted by Crippen LogP contribution is -2.46. The lowest BCUT2D eigenvalue weighted by Gasteiger charge is -2.33. The molecule has 3 rings (SSSR count). The van der Waals surface area contributed by atoms with E-state index >= 15 is 0 Å². The Morgan fingerprint density at radius 1 is 1.35 bits per heavy atom. The van der Waals surface area contributed by atoms with Gasteiger partial charge in [0.2, 0.25) is 5.91 Å². The van der Waals surface area contributed by atoms with Crippen LogP contribution in [0.15, 0.2) is 37.3 Å². The Balaban J connectivity index is 1.44. The number of hydrogen-bond acceptors (Lipinski definition) is 5. The highest BCUT2D eigenvalue weighted by atomic mass is 16.5. The largest absolute Gasteiger partial charge is 0.375 e. The molecule has 0 N–H and O–H groups in total. The molecule has 0 spiro atoms. The molecule has 122 valence electrons. The zero-order valence-corrected chi connectivity index (χ0v) is 13.0. The predicted octanol–water partition coefficient (Wildman–Crippen LogP) is 0.923. The summed E-state index contributed by atoms with van der Waals surface area (Å²) in [6.07, 6.45) is 10.9. The molecular weight excluding hydrogens is 294 g/mol. The first-order chi connectivity index (χ1) is 11.3. The Labute approximate surface area is 135 Å². The minimum Gasteiger partial charge on any atom is -0.375 e. The third kappa shape index (κ3) is 4.59. The molecule has 1 amide bonds. The maximum atomic E-state index is 12.3. The Hall–Kier alpha value is -2.28. The van der Waals surface area contributed by atoms with Gasteiger partial charge in [-0.1, -0.05) is 0 Å². The van der Waals surface area contributed by atoms with Crippen molar-refractivity contribution in [2.24, 2.45) is 0 Å². The van der Waals surface area contributed by atoms with E-state index in [4.69, 9.17) is 4.74 Å². The van der Waals surface area contributed by atoms with E-state index in [-0.39, 0.29) is 12.0 Å². The number of amides is 1. The number of nitrogens with zero attached hydrogens (tertiary/aromatic N) is 5. The zero-order chi connectivity index (χ0) is 15.9. The quantitative estimate of drug-likeness (QED) is 0.792. The first kappa shape index (κ1) is 15.6. The Bertz CT molecular complexity index is 602. The average molecular weight is 315 g/mol. The van der Waals surface area contributed by atoms with Crippen LogP contribution in [0, 0.1) is 0 Å². The monoisotopic (exact) mass is 315 g/mol. The molecule has 7 nitrogen and oxygen atoms in total. The lowest BCUT2D eigenvalue weighted by atomic mass is 10.1. The Morgan fingerprint density at radius 3 is 3.09 bits per heavy atom. The molecule has 0 unspecified atom stereocenters. The van der Waals surface area contributed by atoms with Crippen LogP contribution in [0.4, 0.5) is 0 Å². The maximum absolute atomic E-state index is 12.3. The standard InChI is InChI=1S/C16H21N5O2/c22-16(4-7-20-8-6-18-13-20)21-9-10-23-15(11-21)2-1-14-3-5-17-12-19-14/h3,5-6,8,12-13,15H,1-2,4,7,9-11H2/t15-/m1/s1. The van der Waals surface area contributed by atoms with Crippen molar-refractivity contribution in [3.05, 3.63) is 43.0 Å². The average Bonchev–Trinajstić information content (AvgIpc) is 3.12. The number of carbonyl (C=O) groups excluding carboxylic acids is 1. The number of ether oxygens (including phenoxy) is 1. The molecular formula is C16H21N5O2. The molecule has 0 radical (unpaired) electrons. The van der Waals surface area contributed by atoms with Gasteiger partial charge in [0.15, 0.2) is 0 Å². The van der Waals surface area contributed by atoms with Gasteiger partial charge in [0.1, 0.15) is 6.33 Å². The molecule has 0 aromatic carbocycles. The van der Waals surface area contributed by atoms with E-state index < -0.39 is 0 Å². The Morgan fingerprint density at radius 2 is 2.30 bits per heavy atom. The van der Waals surface area contributed by atoms with Crippen LogP contribution in [0.2, 0.25) is 0 Å². The normalized spacial score (nSPS) is 18.1. The summed E-state index contributed by atoms with van der Waals surface area (Å²) in [7, 11) is 0. The smallest absolute Gasteiger partial charge is 0.224 e. The first-order valence-electron chi connectivity index (χ1n) is 7.91. The fourth-order valence-electron chi connectivity index (χ4n) is 2.70. The molecule has 7 heteroatoms. The molecule has 1 fully saturated rings. The summed E-state index contributed by atoms with van der Waals surface area (Å²) in [6, 6.07) is 1.91. The number of morpholine rings is 1. The summed E-state index contributed by atoms with van der Waals surface area (Å²) in [5.74, 6) is 0.175. The van der Waals surface area contributed by atoms with Crippen molar-refractivity contribution >= 4 is 5.91 Å². The highest BCUT2D eigenvalue weighted by Gasteiger charge is 2.23. The van der Waals surface area contributed by atoms with Gasteiger partial charge in [0.05, 0.1) is 19.0 Å². The molecule has 0 saturated carbocycles. The summed E-state index contributed by atoms with van der Waals surface area (Å²) in [4.78, 5) is 26.4. The van der Waals surface area contributed by atoms with Crippen molar-refractivity contribution in [3.8, 4) is 0 Å². The highest BCUT2D eigenvalue weighted by molar-refractivity contribution is 5.76. The van der Waals surface area contributed by atoms with Gasteiger partial charge in [-0.3, -0.25) is 4.79 Å². The van der Waals surface area contributed by atoms with Gasteiger partial charge >= 0.3 is 0 Å². The number of aryl methyl sites for hydroxylation is 2. The fraction of sp³-hybridized carbons (Fsp3) is 0.500. The van der Waals surface area contributed by atoms with Gasteiger partial charge in [-0.15, -0.1) is 0 Å². The van der Waals surface area contributed by atoms with Crippen molar-refractivity contribution in [2.75, 3.05) is 19.7 Å². The third-order valence-corrected chi connectivity index (χ3v) is 4.00. The van der Waals surface area contributed by atoms with Crippen LogP contribution in [0.1, 0.15) is 18.5 Å². The second-order valence-corrected chi connectivity index (χ2v) is 5.62. The summed E-state index contributed by atoms with van der Waals surface area (Å²) in [5, 5.41) is 0. The van der Waals surface area contributed by atoms with E-state index in [1.165, 1.54) is 0 Å². The van der Waals surface area contributed by atoms with Crippen LogP contribution in [0.3, 0.4) is 0 Å². The van der Waals surface area contributed by atoms with Crippen LogP contribution >= 0.6 is 0 Å². The minimum atomic E-state index is 0.0795. The molecule has 0 bridgehead atoms. The van der Waals surface area contributed by atoms with Gasteiger partial charge < -0.3 is 14.2 Å². The van der Waals surface area contributed by atoms with Crippen molar-refractivity contribution in [3.63, 3.8) is 0 Å². The first-order valence-corrected chi connectivity index (χ1v) is 7.91. The second-order valence-electron chi connectivity index (χ2n) is 5.62. The van der Waals surface area contributed by atoms with Gasteiger partial charge in [-0.2, -0.15) is 0 Å². The molecule has 1 atom stereocenters. The molecule has 3 heterocycles. The van der Waals surface area contributed by atoms with Crippen LogP contribution in [0.25, 0.3) is 0 Å². The maximum Gasteiger partial charge on any atom is 0.224 e. The molecule has 1 saturated heterocycles. The van der Waals surface area contributed by atoms with Crippen molar-refractivity contribution in [2.45, 2.75) is 31.9 Å². The summed E-state index contributed by atoms with van der Waals surface area (Å²) < 4.78 is 7.70. The van der Waals surface area contributed by atoms with E-state index in [1.807, 2.05) is 21.7 Å². The van der Waals surface area contributed by atoms with Crippen LogP contribution < -0.4 is 0 Å². The summed E-state index contributed by atoms with van der Waals surface area (Å²) in [5.41, 5.74) is 1.01. The molecule has 2 aromatic rings. The highest BCUT2D eigenvalue weighted by Crippen LogP contribution is 2.12. The van der Waals surface area contributed by atoms with Gasteiger partial charge in [0, 0.05) is 50.3 Å². The third-order valence-electron chi connectivity index (χ3n) is 4.00. The van der Waals surface area contributed by atoms with Gasteiger partial charge in [0.25, 0.3) is 0 Å². The number of rotatable bonds is 6. The van der Waals surface area contributed by atoms with Crippen LogP contribution in [-0.4, -0.2) is 56.1 Å². The van der Waals surface area contributed by atoms with Gasteiger partial charge in [-0.05, 0) is 18.9 Å². The molecule has 1 aliphatic heterocycles. The number of aromatic nitrogens is 4. The molecule has 0 aliphatic carbocycles. The second kappa shape index (κ2) is 7.82.